The van der Waals surface area contributed by atoms with Crippen LogP contribution in [0.15, 0.2) is 105 Å². The first-order valence-electron chi connectivity index (χ1n) is 11.4. The molecule has 11 heteroatoms. The first-order chi connectivity index (χ1) is 18.7. The Bertz CT molecular complexity index is 1600. The average Bonchev–Trinajstić information content (AvgIpc) is 2.94. The van der Waals surface area contributed by atoms with Gasteiger partial charge in [-0.25, -0.2) is 5.43 Å². The van der Waals surface area contributed by atoms with Crippen molar-refractivity contribution in [1.29, 1.82) is 0 Å². The lowest BCUT2D eigenvalue weighted by atomic mass is 10.2. The molecular formula is C28H22BrClN2O6S. The number of carbonyl (C=O) groups is 1. The van der Waals surface area contributed by atoms with E-state index in [0.717, 1.165) is 5.56 Å². The predicted octanol–water partition coefficient (Wildman–Crippen LogP) is 6.22. The van der Waals surface area contributed by atoms with Crippen LogP contribution >= 0.6 is 27.5 Å². The fourth-order valence-corrected chi connectivity index (χ4v) is 4.81. The van der Waals surface area contributed by atoms with Crippen LogP contribution in [0.25, 0.3) is 0 Å². The minimum atomic E-state index is -4.13. The van der Waals surface area contributed by atoms with E-state index in [1.54, 1.807) is 24.3 Å². The molecule has 4 aromatic carbocycles. The molecule has 0 heterocycles. The number of carbonyl (C=O) groups excluding carboxylic acids is 1. The Balaban J connectivity index is 1.45. The second-order valence-electron chi connectivity index (χ2n) is 8.01. The summed E-state index contributed by atoms with van der Waals surface area (Å²) in [6.45, 7) is 0.345. The number of hydrogen-bond acceptors (Lipinski definition) is 7. The molecule has 0 aliphatic carbocycles. The number of hydrogen-bond donors (Lipinski definition) is 1. The number of benzene rings is 4. The number of rotatable bonds is 10. The van der Waals surface area contributed by atoms with Gasteiger partial charge in [0.2, 0.25) is 0 Å². The molecule has 0 radical (unpaired) electrons. The van der Waals surface area contributed by atoms with Crippen molar-refractivity contribution < 1.29 is 26.9 Å². The van der Waals surface area contributed by atoms with Crippen molar-refractivity contribution in [2.45, 2.75) is 11.5 Å². The summed E-state index contributed by atoms with van der Waals surface area (Å²) in [5, 5.41) is 4.37. The second kappa shape index (κ2) is 12.8. The Morgan fingerprint density at radius 3 is 2.38 bits per heavy atom. The normalized spacial score (nSPS) is 11.3. The molecule has 0 aliphatic rings. The van der Waals surface area contributed by atoms with E-state index in [2.05, 4.69) is 26.5 Å². The summed E-state index contributed by atoms with van der Waals surface area (Å²) < 4.78 is 42.6. The minimum Gasteiger partial charge on any atom is -0.493 e. The average molecular weight is 630 g/mol. The molecule has 8 nitrogen and oxygen atoms in total. The van der Waals surface area contributed by atoms with Gasteiger partial charge in [-0.15, -0.1) is 0 Å². The topological polar surface area (TPSA) is 103 Å². The molecule has 200 valence electrons. The van der Waals surface area contributed by atoms with E-state index in [9.17, 15) is 13.2 Å². The summed E-state index contributed by atoms with van der Waals surface area (Å²) in [5.41, 5.74) is 4.01. The number of nitrogens with one attached hydrogen (secondary N) is 1. The maximum absolute atomic E-state index is 12.7. The maximum Gasteiger partial charge on any atom is 0.339 e. The van der Waals surface area contributed by atoms with E-state index in [-0.39, 0.29) is 16.2 Å². The van der Waals surface area contributed by atoms with Crippen molar-refractivity contribution in [2.75, 3.05) is 7.11 Å². The lowest BCUT2D eigenvalue weighted by Gasteiger charge is -2.12. The van der Waals surface area contributed by atoms with Crippen LogP contribution in [0.4, 0.5) is 0 Å². The third kappa shape index (κ3) is 7.60. The van der Waals surface area contributed by atoms with Gasteiger partial charge in [-0.05, 0) is 66.2 Å². The maximum atomic E-state index is 12.7. The van der Waals surface area contributed by atoms with Crippen LogP contribution in [0, 0.1) is 0 Å². The molecule has 0 saturated carbocycles. The molecule has 4 aromatic rings. The summed E-state index contributed by atoms with van der Waals surface area (Å²) in [6, 6.07) is 24.7. The van der Waals surface area contributed by atoms with E-state index in [1.807, 2.05) is 30.3 Å². The molecule has 0 atom stereocenters. The lowest BCUT2D eigenvalue weighted by Crippen LogP contribution is -2.18. The first kappa shape index (κ1) is 28.2. The largest absolute Gasteiger partial charge is 0.493 e. The van der Waals surface area contributed by atoms with Gasteiger partial charge < -0.3 is 13.7 Å². The van der Waals surface area contributed by atoms with Crippen molar-refractivity contribution in [3.63, 3.8) is 0 Å². The summed E-state index contributed by atoms with van der Waals surface area (Å²) in [7, 11) is -2.65. The molecule has 0 aromatic heterocycles. The minimum absolute atomic E-state index is 0.0211. The predicted molar refractivity (Wildman–Crippen MR) is 152 cm³/mol. The molecule has 1 N–H and O–H groups in total. The van der Waals surface area contributed by atoms with Crippen LogP contribution in [0.3, 0.4) is 0 Å². The van der Waals surface area contributed by atoms with Crippen molar-refractivity contribution in [2.24, 2.45) is 5.10 Å². The molecule has 39 heavy (non-hydrogen) atoms. The fourth-order valence-electron chi connectivity index (χ4n) is 3.35. The standard InChI is InChI=1S/C28H22BrClN2O6S/c1-36-27-16-20(7-13-26(27)37-18-19-5-3-2-4-6-19)28(33)32-31-17-21-15-22(29)8-14-25(21)38-39(34,35)24-11-9-23(30)10-12-24/h2-17H,18H2,1H3,(H,32,33)/b31-17+. The Kier molecular flexibility index (Phi) is 9.23. The molecule has 0 spiro atoms. The molecular weight excluding hydrogens is 608 g/mol. The van der Waals surface area contributed by atoms with Crippen LogP contribution in [0.1, 0.15) is 21.5 Å². The number of halogens is 2. The second-order valence-corrected chi connectivity index (χ2v) is 10.9. The molecule has 4 rings (SSSR count). The molecule has 0 bridgehead atoms. The van der Waals surface area contributed by atoms with E-state index in [4.69, 9.17) is 25.3 Å². The molecule has 0 aliphatic heterocycles. The van der Waals surface area contributed by atoms with Gasteiger partial charge in [0, 0.05) is 20.6 Å². The highest BCUT2D eigenvalue weighted by Crippen LogP contribution is 2.29. The number of amides is 1. The smallest absolute Gasteiger partial charge is 0.339 e. The molecule has 0 saturated heterocycles. The monoisotopic (exact) mass is 628 g/mol. The summed E-state index contributed by atoms with van der Waals surface area (Å²) in [4.78, 5) is 12.7. The van der Waals surface area contributed by atoms with E-state index in [0.29, 0.717) is 33.2 Å². The number of hydrazone groups is 1. The third-order valence-corrected chi connectivity index (χ3v) is 7.30. The number of nitrogens with zero attached hydrogens (tertiary/aromatic N) is 1. The highest BCUT2D eigenvalue weighted by molar-refractivity contribution is 9.10. The van der Waals surface area contributed by atoms with Gasteiger partial charge >= 0.3 is 10.1 Å². The Labute approximate surface area is 239 Å². The molecule has 1 amide bonds. The molecule has 0 fully saturated rings. The van der Waals surface area contributed by atoms with Gasteiger partial charge in [0.25, 0.3) is 5.91 Å². The van der Waals surface area contributed by atoms with Crippen LogP contribution in [-0.4, -0.2) is 27.6 Å². The molecule has 0 unspecified atom stereocenters. The number of methoxy groups -OCH3 is 1. The zero-order chi connectivity index (χ0) is 27.8. The van der Waals surface area contributed by atoms with Gasteiger partial charge in [-0.1, -0.05) is 57.9 Å². The van der Waals surface area contributed by atoms with Gasteiger partial charge in [0.05, 0.1) is 13.3 Å². The SMILES string of the molecule is COc1cc(C(=O)N/N=C/c2cc(Br)ccc2OS(=O)(=O)c2ccc(Cl)cc2)ccc1OCc1ccccc1. The van der Waals surface area contributed by atoms with Crippen LogP contribution in [0.2, 0.25) is 5.02 Å². The van der Waals surface area contributed by atoms with Gasteiger partial charge in [-0.2, -0.15) is 13.5 Å². The Hall–Kier alpha value is -3.86. The zero-order valence-electron chi connectivity index (χ0n) is 20.5. The van der Waals surface area contributed by atoms with E-state index >= 15 is 0 Å². The van der Waals surface area contributed by atoms with E-state index in [1.165, 1.54) is 49.7 Å². The fraction of sp³-hybridized carbons (Fsp3) is 0.0714. The quantitative estimate of drug-likeness (QED) is 0.127. The third-order valence-electron chi connectivity index (χ3n) is 5.31. The highest BCUT2D eigenvalue weighted by atomic mass is 79.9. The first-order valence-corrected chi connectivity index (χ1v) is 14.0. The van der Waals surface area contributed by atoms with Crippen molar-refractivity contribution in [1.82, 2.24) is 5.43 Å². The van der Waals surface area contributed by atoms with E-state index < -0.39 is 16.0 Å². The van der Waals surface area contributed by atoms with Crippen molar-refractivity contribution >= 4 is 49.8 Å². The number of ether oxygens (including phenoxy) is 2. The van der Waals surface area contributed by atoms with Crippen LogP contribution < -0.4 is 19.1 Å². The lowest BCUT2D eigenvalue weighted by molar-refractivity contribution is 0.0954. The van der Waals surface area contributed by atoms with Crippen LogP contribution in [0.5, 0.6) is 17.2 Å². The summed E-state index contributed by atoms with van der Waals surface area (Å²) in [5.74, 6) is 0.384. The van der Waals surface area contributed by atoms with Crippen molar-refractivity contribution in [3.05, 3.63) is 117 Å². The van der Waals surface area contributed by atoms with Crippen LogP contribution in [-0.2, 0) is 16.7 Å². The summed E-state index contributed by atoms with van der Waals surface area (Å²) in [6.07, 6.45) is 1.28. The summed E-state index contributed by atoms with van der Waals surface area (Å²) >= 11 is 9.19. The van der Waals surface area contributed by atoms with Gasteiger partial charge in [-0.3, -0.25) is 4.79 Å². The van der Waals surface area contributed by atoms with Gasteiger partial charge in [0.1, 0.15) is 11.5 Å². The Morgan fingerprint density at radius 2 is 1.67 bits per heavy atom. The van der Waals surface area contributed by atoms with Gasteiger partial charge in [0.15, 0.2) is 17.2 Å². The highest BCUT2D eigenvalue weighted by Gasteiger charge is 2.18. The Morgan fingerprint density at radius 1 is 0.949 bits per heavy atom. The van der Waals surface area contributed by atoms with Crippen molar-refractivity contribution in [3.8, 4) is 17.2 Å². The zero-order valence-corrected chi connectivity index (χ0v) is 23.7.